The lowest BCUT2D eigenvalue weighted by atomic mass is 9.93. The van der Waals surface area contributed by atoms with Crippen LogP contribution in [-0.4, -0.2) is 30.0 Å². The number of likely N-dealkylation sites (N-methyl/N-ethyl adjacent to an activating group) is 1. The van der Waals surface area contributed by atoms with Crippen LogP contribution in [0.25, 0.3) is 0 Å². The van der Waals surface area contributed by atoms with E-state index in [4.69, 9.17) is 0 Å². The lowest BCUT2D eigenvalue weighted by Gasteiger charge is -2.31. The average Bonchev–Trinajstić information content (AvgIpc) is 2.41. The summed E-state index contributed by atoms with van der Waals surface area (Å²) in [7, 11) is 0. The van der Waals surface area contributed by atoms with Crippen molar-refractivity contribution in [2.75, 3.05) is 18.0 Å². The van der Waals surface area contributed by atoms with Gasteiger partial charge in [-0.05, 0) is 44.4 Å². The molecular formula is C14H21N3O. The van der Waals surface area contributed by atoms with Gasteiger partial charge in [-0.2, -0.15) is 0 Å². The predicted octanol–water partition coefficient (Wildman–Crippen LogP) is 1.82. The van der Waals surface area contributed by atoms with Crippen molar-refractivity contribution in [2.24, 2.45) is 5.92 Å². The molecule has 0 aromatic carbocycles. The largest absolute Gasteiger partial charge is 0.311 e. The van der Waals surface area contributed by atoms with Crippen molar-refractivity contribution in [3.8, 4) is 0 Å². The first-order valence-corrected chi connectivity index (χ1v) is 6.67. The van der Waals surface area contributed by atoms with E-state index in [1.165, 1.54) is 0 Å². The topological polar surface area (TPSA) is 45.2 Å². The van der Waals surface area contributed by atoms with E-state index >= 15 is 0 Å². The van der Waals surface area contributed by atoms with Gasteiger partial charge in [0.15, 0.2) is 0 Å². The number of hydrogen-bond donors (Lipinski definition) is 1. The Bertz CT molecular complexity index is 393. The fraction of sp³-hybridized carbons (Fsp3) is 0.571. The third kappa shape index (κ3) is 2.88. The molecule has 1 fully saturated rings. The molecule has 0 aliphatic carbocycles. The minimum absolute atomic E-state index is 0.0399. The van der Waals surface area contributed by atoms with Crippen LogP contribution in [0.5, 0.6) is 0 Å². The standard InChI is InChI=1S/C14H21N3O/c1-3-17(12-5-7-15-8-6-12)14(18)13-10-11(2)4-9-16-13/h5-8,11,13,16H,3-4,9-10H2,1-2H3. The van der Waals surface area contributed by atoms with Gasteiger partial charge in [0.1, 0.15) is 0 Å². The van der Waals surface area contributed by atoms with Crippen LogP contribution in [0.1, 0.15) is 26.7 Å². The normalized spacial score (nSPS) is 23.7. The van der Waals surface area contributed by atoms with Crippen LogP contribution < -0.4 is 10.2 Å². The first-order valence-electron chi connectivity index (χ1n) is 6.67. The predicted molar refractivity (Wildman–Crippen MR) is 72.5 cm³/mol. The summed E-state index contributed by atoms with van der Waals surface area (Å²) in [5.74, 6) is 0.798. The summed E-state index contributed by atoms with van der Waals surface area (Å²) in [6, 6.07) is 3.73. The third-order valence-corrected chi connectivity index (χ3v) is 3.52. The molecule has 1 amide bonds. The van der Waals surface area contributed by atoms with Gasteiger partial charge >= 0.3 is 0 Å². The van der Waals surface area contributed by atoms with Crippen molar-refractivity contribution in [2.45, 2.75) is 32.7 Å². The second-order valence-electron chi connectivity index (χ2n) is 4.92. The fourth-order valence-electron chi connectivity index (χ4n) is 2.47. The Hall–Kier alpha value is -1.42. The number of pyridine rings is 1. The molecule has 2 unspecified atom stereocenters. The Labute approximate surface area is 108 Å². The number of anilines is 1. The van der Waals surface area contributed by atoms with Gasteiger partial charge < -0.3 is 10.2 Å². The molecule has 1 aromatic heterocycles. The van der Waals surface area contributed by atoms with E-state index in [2.05, 4.69) is 17.2 Å². The van der Waals surface area contributed by atoms with Crippen molar-refractivity contribution in [1.29, 1.82) is 0 Å². The summed E-state index contributed by atoms with van der Waals surface area (Å²) < 4.78 is 0. The molecule has 0 spiro atoms. The molecule has 4 heteroatoms. The Morgan fingerprint density at radius 3 is 2.83 bits per heavy atom. The molecule has 18 heavy (non-hydrogen) atoms. The van der Waals surface area contributed by atoms with Crippen LogP contribution in [-0.2, 0) is 4.79 Å². The average molecular weight is 247 g/mol. The molecule has 4 nitrogen and oxygen atoms in total. The summed E-state index contributed by atoms with van der Waals surface area (Å²) in [4.78, 5) is 18.3. The number of amides is 1. The zero-order valence-corrected chi connectivity index (χ0v) is 11.1. The highest BCUT2D eigenvalue weighted by atomic mass is 16.2. The van der Waals surface area contributed by atoms with E-state index in [9.17, 15) is 4.79 Å². The van der Waals surface area contributed by atoms with Crippen LogP contribution in [0, 0.1) is 5.92 Å². The number of piperidine rings is 1. The highest BCUT2D eigenvalue weighted by Crippen LogP contribution is 2.19. The zero-order valence-electron chi connectivity index (χ0n) is 11.1. The molecular weight excluding hydrogens is 226 g/mol. The molecule has 0 radical (unpaired) electrons. The maximum Gasteiger partial charge on any atom is 0.244 e. The number of hydrogen-bond acceptors (Lipinski definition) is 3. The van der Waals surface area contributed by atoms with Gasteiger partial charge in [0.2, 0.25) is 5.91 Å². The molecule has 0 saturated carbocycles. The number of aromatic nitrogens is 1. The fourth-order valence-corrected chi connectivity index (χ4v) is 2.47. The van der Waals surface area contributed by atoms with Gasteiger partial charge in [-0.25, -0.2) is 0 Å². The highest BCUT2D eigenvalue weighted by Gasteiger charge is 2.28. The Morgan fingerprint density at radius 1 is 1.50 bits per heavy atom. The van der Waals surface area contributed by atoms with Crippen LogP contribution >= 0.6 is 0 Å². The number of nitrogens with one attached hydrogen (secondary N) is 1. The summed E-state index contributed by atoms with van der Waals surface area (Å²) in [5.41, 5.74) is 0.928. The maximum atomic E-state index is 12.5. The summed E-state index contributed by atoms with van der Waals surface area (Å²) in [6.45, 7) is 5.84. The van der Waals surface area contributed by atoms with Gasteiger partial charge in [0.25, 0.3) is 0 Å². The Kier molecular flexibility index (Phi) is 4.31. The molecule has 1 aliphatic rings. The summed E-state index contributed by atoms with van der Waals surface area (Å²) in [5, 5.41) is 3.33. The quantitative estimate of drug-likeness (QED) is 0.886. The van der Waals surface area contributed by atoms with Gasteiger partial charge in [-0.3, -0.25) is 9.78 Å². The molecule has 2 atom stereocenters. The molecule has 1 N–H and O–H groups in total. The van der Waals surface area contributed by atoms with Crippen molar-refractivity contribution >= 4 is 11.6 Å². The molecule has 1 saturated heterocycles. The van der Waals surface area contributed by atoms with Gasteiger partial charge in [-0.1, -0.05) is 6.92 Å². The number of nitrogens with zero attached hydrogens (tertiary/aromatic N) is 2. The zero-order chi connectivity index (χ0) is 13.0. The monoisotopic (exact) mass is 247 g/mol. The van der Waals surface area contributed by atoms with Crippen molar-refractivity contribution in [3.05, 3.63) is 24.5 Å². The first-order chi connectivity index (χ1) is 8.72. The minimum Gasteiger partial charge on any atom is -0.311 e. The smallest absolute Gasteiger partial charge is 0.244 e. The highest BCUT2D eigenvalue weighted by molar-refractivity contribution is 5.97. The van der Waals surface area contributed by atoms with Crippen LogP contribution in [0.2, 0.25) is 0 Å². The van der Waals surface area contributed by atoms with E-state index in [1.54, 1.807) is 12.4 Å². The lowest BCUT2D eigenvalue weighted by molar-refractivity contribution is -0.121. The molecule has 1 aromatic rings. The minimum atomic E-state index is -0.0399. The number of carbonyl (C=O) groups is 1. The van der Waals surface area contributed by atoms with Crippen LogP contribution in [0.3, 0.4) is 0 Å². The number of rotatable bonds is 3. The Balaban J connectivity index is 2.10. The van der Waals surface area contributed by atoms with Crippen molar-refractivity contribution < 1.29 is 4.79 Å². The van der Waals surface area contributed by atoms with E-state index < -0.39 is 0 Å². The van der Waals surface area contributed by atoms with E-state index in [1.807, 2.05) is 24.0 Å². The molecule has 2 rings (SSSR count). The van der Waals surface area contributed by atoms with Gasteiger partial charge in [0, 0.05) is 24.6 Å². The van der Waals surface area contributed by atoms with Gasteiger partial charge in [0.05, 0.1) is 6.04 Å². The summed E-state index contributed by atoms with van der Waals surface area (Å²) >= 11 is 0. The maximum absolute atomic E-state index is 12.5. The molecule has 0 bridgehead atoms. The molecule has 98 valence electrons. The first kappa shape index (κ1) is 13.0. The third-order valence-electron chi connectivity index (χ3n) is 3.52. The molecule has 1 aliphatic heterocycles. The SMILES string of the molecule is CCN(C(=O)C1CC(C)CCN1)c1ccncc1. The van der Waals surface area contributed by atoms with Crippen LogP contribution in [0.4, 0.5) is 5.69 Å². The van der Waals surface area contributed by atoms with E-state index in [-0.39, 0.29) is 11.9 Å². The van der Waals surface area contributed by atoms with E-state index in [0.717, 1.165) is 25.1 Å². The van der Waals surface area contributed by atoms with E-state index in [0.29, 0.717) is 12.5 Å². The second-order valence-corrected chi connectivity index (χ2v) is 4.92. The number of carbonyl (C=O) groups excluding carboxylic acids is 1. The van der Waals surface area contributed by atoms with Crippen LogP contribution in [0.15, 0.2) is 24.5 Å². The van der Waals surface area contributed by atoms with Crippen molar-refractivity contribution in [1.82, 2.24) is 10.3 Å². The lowest BCUT2D eigenvalue weighted by Crippen LogP contribution is -2.50. The Morgan fingerprint density at radius 2 is 2.22 bits per heavy atom. The summed E-state index contributed by atoms with van der Waals surface area (Å²) in [6.07, 6.45) is 5.54. The van der Waals surface area contributed by atoms with Gasteiger partial charge in [-0.15, -0.1) is 0 Å². The molecule has 2 heterocycles. The van der Waals surface area contributed by atoms with Crippen molar-refractivity contribution in [3.63, 3.8) is 0 Å². The second kappa shape index (κ2) is 5.96.